The van der Waals surface area contributed by atoms with Gasteiger partial charge in [0, 0.05) is 35.8 Å². The molecule has 0 saturated heterocycles. The summed E-state index contributed by atoms with van der Waals surface area (Å²) in [4.78, 5) is 17.3. The first-order valence-corrected chi connectivity index (χ1v) is 11.3. The molecule has 0 spiro atoms. The molecular formula is C25H29ClN4O2. The van der Waals surface area contributed by atoms with Gasteiger partial charge in [0.2, 0.25) is 0 Å². The number of ether oxygens (including phenoxy) is 1. The van der Waals surface area contributed by atoms with Crippen LogP contribution in [0, 0.1) is 0 Å². The number of carbonyl (C=O) groups is 1. The van der Waals surface area contributed by atoms with Gasteiger partial charge in [0.05, 0.1) is 18.3 Å². The van der Waals surface area contributed by atoms with Crippen LogP contribution in [-0.4, -0.2) is 59.3 Å². The fourth-order valence-corrected chi connectivity index (χ4v) is 4.10. The van der Waals surface area contributed by atoms with Gasteiger partial charge >= 0.3 is 0 Å². The minimum absolute atomic E-state index is 0.0155. The van der Waals surface area contributed by atoms with Crippen molar-refractivity contribution >= 4 is 17.5 Å². The van der Waals surface area contributed by atoms with Gasteiger partial charge in [-0.2, -0.15) is 5.10 Å². The highest BCUT2D eigenvalue weighted by atomic mass is 35.5. The van der Waals surface area contributed by atoms with E-state index in [0.29, 0.717) is 30.4 Å². The third-order valence-corrected chi connectivity index (χ3v) is 5.88. The summed E-state index contributed by atoms with van der Waals surface area (Å²) >= 11 is 6.01. The Hall–Kier alpha value is -2.83. The number of fused-ring (bicyclic) bond motifs is 1. The third kappa shape index (κ3) is 4.97. The Morgan fingerprint density at radius 1 is 1.16 bits per heavy atom. The van der Waals surface area contributed by atoms with Gasteiger partial charge in [-0.3, -0.25) is 9.48 Å². The number of benzene rings is 2. The molecule has 0 unspecified atom stereocenters. The molecule has 32 heavy (non-hydrogen) atoms. The number of carbonyl (C=O) groups excluding carboxylic acids is 1. The van der Waals surface area contributed by atoms with E-state index in [2.05, 4.69) is 25.9 Å². The number of para-hydroxylation sites is 1. The molecule has 2 heterocycles. The lowest BCUT2D eigenvalue weighted by molar-refractivity contribution is 0.0649. The van der Waals surface area contributed by atoms with Gasteiger partial charge in [0.15, 0.2) is 0 Å². The van der Waals surface area contributed by atoms with Gasteiger partial charge in [0.1, 0.15) is 11.4 Å². The Morgan fingerprint density at radius 3 is 2.66 bits per heavy atom. The molecular weight excluding hydrogens is 424 g/mol. The molecule has 168 valence electrons. The predicted molar refractivity (Wildman–Crippen MR) is 127 cm³/mol. The summed E-state index contributed by atoms with van der Waals surface area (Å²) in [6, 6.07) is 17.4. The summed E-state index contributed by atoms with van der Waals surface area (Å²) in [5, 5.41) is 5.38. The quantitative estimate of drug-likeness (QED) is 0.463. The molecule has 0 fully saturated rings. The lowest BCUT2D eigenvalue weighted by Gasteiger charge is -2.32. The van der Waals surface area contributed by atoms with Crippen LogP contribution in [0.4, 0.5) is 0 Å². The largest absolute Gasteiger partial charge is 0.493 e. The minimum Gasteiger partial charge on any atom is -0.493 e. The molecule has 0 N–H and O–H groups in total. The van der Waals surface area contributed by atoms with Gasteiger partial charge in [-0.05, 0) is 51.7 Å². The predicted octanol–water partition coefficient (Wildman–Crippen LogP) is 4.75. The molecule has 1 aromatic heterocycles. The lowest BCUT2D eigenvalue weighted by atomic mass is 10.1. The minimum atomic E-state index is -0.0155. The van der Waals surface area contributed by atoms with Crippen LogP contribution in [0.25, 0.3) is 11.3 Å². The molecule has 0 bridgehead atoms. The summed E-state index contributed by atoms with van der Waals surface area (Å²) in [5.41, 5.74) is 3.35. The lowest BCUT2D eigenvalue weighted by Crippen LogP contribution is -2.41. The van der Waals surface area contributed by atoms with E-state index in [4.69, 9.17) is 21.4 Å². The van der Waals surface area contributed by atoms with Crippen molar-refractivity contribution < 1.29 is 9.53 Å². The molecule has 1 atom stereocenters. The summed E-state index contributed by atoms with van der Waals surface area (Å²) in [6.45, 7) is 4.82. The Labute approximate surface area is 194 Å². The van der Waals surface area contributed by atoms with E-state index < -0.39 is 0 Å². The Morgan fingerprint density at radius 2 is 1.91 bits per heavy atom. The van der Waals surface area contributed by atoms with E-state index >= 15 is 0 Å². The van der Waals surface area contributed by atoms with Crippen LogP contribution < -0.4 is 4.74 Å². The number of halogens is 1. The number of aromatic nitrogens is 2. The van der Waals surface area contributed by atoms with E-state index in [-0.39, 0.29) is 11.9 Å². The highest BCUT2D eigenvalue weighted by Gasteiger charge is 2.31. The second kappa shape index (κ2) is 9.76. The first kappa shape index (κ1) is 22.4. The number of rotatable bonds is 8. The van der Waals surface area contributed by atoms with Crippen LogP contribution in [-0.2, 0) is 6.54 Å². The van der Waals surface area contributed by atoms with E-state index in [0.717, 1.165) is 35.5 Å². The van der Waals surface area contributed by atoms with E-state index in [1.54, 1.807) is 0 Å². The number of nitrogens with zero attached hydrogens (tertiary/aromatic N) is 4. The Bertz CT molecular complexity index is 1080. The second-order valence-electron chi connectivity index (χ2n) is 8.51. The molecule has 0 saturated carbocycles. The zero-order chi connectivity index (χ0) is 22.7. The van der Waals surface area contributed by atoms with Crippen molar-refractivity contribution in [3.63, 3.8) is 0 Å². The molecule has 1 aliphatic rings. The van der Waals surface area contributed by atoms with E-state index in [9.17, 15) is 4.79 Å². The van der Waals surface area contributed by atoms with Crippen LogP contribution in [0.5, 0.6) is 5.75 Å². The van der Waals surface area contributed by atoms with Crippen molar-refractivity contribution in [3.8, 4) is 17.0 Å². The Balaban J connectivity index is 1.50. The molecule has 2 aromatic carbocycles. The fourth-order valence-electron chi connectivity index (χ4n) is 3.97. The van der Waals surface area contributed by atoms with Crippen molar-refractivity contribution in [3.05, 3.63) is 70.9 Å². The van der Waals surface area contributed by atoms with Crippen molar-refractivity contribution in [1.29, 1.82) is 0 Å². The van der Waals surface area contributed by atoms with Crippen LogP contribution in [0.2, 0.25) is 5.02 Å². The molecule has 7 heteroatoms. The average Bonchev–Trinajstić information content (AvgIpc) is 3.23. The summed E-state index contributed by atoms with van der Waals surface area (Å²) < 4.78 is 7.88. The van der Waals surface area contributed by atoms with Crippen LogP contribution in [0.15, 0.2) is 54.6 Å². The third-order valence-electron chi connectivity index (χ3n) is 5.63. The molecule has 4 rings (SSSR count). The number of hydrogen-bond donors (Lipinski definition) is 0. The first-order valence-electron chi connectivity index (χ1n) is 10.9. The van der Waals surface area contributed by atoms with Gasteiger partial charge in [0.25, 0.3) is 5.91 Å². The molecule has 3 aromatic rings. The fraction of sp³-hybridized carbons (Fsp3) is 0.360. The average molecular weight is 453 g/mol. The Kier molecular flexibility index (Phi) is 6.82. The van der Waals surface area contributed by atoms with Crippen LogP contribution in [0.1, 0.15) is 35.4 Å². The normalized spacial score (nSPS) is 15.8. The van der Waals surface area contributed by atoms with Crippen molar-refractivity contribution in [2.45, 2.75) is 25.9 Å². The maximum Gasteiger partial charge on any atom is 0.272 e. The van der Waals surface area contributed by atoms with Crippen LogP contribution in [0.3, 0.4) is 0 Å². The zero-order valence-electron chi connectivity index (χ0n) is 18.8. The van der Waals surface area contributed by atoms with Crippen molar-refractivity contribution in [1.82, 2.24) is 19.6 Å². The van der Waals surface area contributed by atoms with Crippen molar-refractivity contribution in [2.24, 2.45) is 0 Å². The van der Waals surface area contributed by atoms with E-state index in [1.807, 2.05) is 64.2 Å². The summed E-state index contributed by atoms with van der Waals surface area (Å²) in [5.74, 6) is 0.825. The SMILES string of the molecule is C[C@H]1CN(Cc2ccccc2OCCCN(C)C)C(=O)c2cc(-c3ccc(Cl)cc3)nn21. The van der Waals surface area contributed by atoms with Crippen LogP contribution >= 0.6 is 11.6 Å². The monoisotopic (exact) mass is 452 g/mol. The summed E-state index contributed by atoms with van der Waals surface area (Å²) in [7, 11) is 4.11. The van der Waals surface area contributed by atoms with Gasteiger partial charge < -0.3 is 14.5 Å². The molecule has 0 radical (unpaired) electrons. The maximum absolute atomic E-state index is 13.3. The molecule has 1 amide bonds. The highest BCUT2D eigenvalue weighted by Crippen LogP contribution is 2.29. The van der Waals surface area contributed by atoms with Gasteiger partial charge in [-0.1, -0.05) is 41.9 Å². The molecule has 1 aliphatic heterocycles. The van der Waals surface area contributed by atoms with Gasteiger partial charge in [-0.15, -0.1) is 0 Å². The zero-order valence-corrected chi connectivity index (χ0v) is 19.5. The smallest absolute Gasteiger partial charge is 0.272 e. The first-order chi connectivity index (χ1) is 15.4. The van der Waals surface area contributed by atoms with Gasteiger partial charge in [-0.25, -0.2) is 0 Å². The van der Waals surface area contributed by atoms with E-state index in [1.165, 1.54) is 0 Å². The summed E-state index contributed by atoms with van der Waals surface area (Å²) in [6.07, 6.45) is 0.952. The topological polar surface area (TPSA) is 50.6 Å². The number of amides is 1. The standard InChI is InChI=1S/C25H29ClN4O2/c1-18-16-29(17-20-7-4-5-8-24(20)32-14-6-13-28(2)3)25(31)23-15-22(27-30(18)23)19-9-11-21(26)12-10-19/h4-5,7-12,15,18H,6,13-14,16-17H2,1-3H3/t18-/m0/s1. The maximum atomic E-state index is 13.3. The highest BCUT2D eigenvalue weighted by molar-refractivity contribution is 6.30. The molecule has 0 aliphatic carbocycles. The van der Waals surface area contributed by atoms with Crippen molar-refractivity contribution in [2.75, 3.05) is 33.8 Å². The number of hydrogen-bond acceptors (Lipinski definition) is 4. The second-order valence-corrected chi connectivity index (χ2v) is 8.95. The molecule has 6 nitrogen and oxygen atoms in total.